The fraction of sp³-hybridized carbons (Fsp3) is 0.533. The van der Waals surface area contributed by atoms with Crippen LogP contribution in [-0.4, -0.2) is 29.4 Å². The number of hydrogen-bond acceptors (Lipinski definition) is 3. The molecule has 0 atom stereocenters. The quantitative estimate of drug-likeness (QED) is 0.866. The first-order chi connectivity index (χ1) is 10.3. The lowest BCUT2D eigenvalue weighted by molar-refractivity contribution is -0.137. The topological polar surface area (TPSA) is 55.8 Å². The molecule has 1 aromatic carbocycles. The van der Waals surface area contributed by atoms with Crippen LogP contribution >= 0.6 is 0 Å². The van der Waals surface area contributed by atoms with Crippen LogP contribution in [-0.2, 0) is 26.7 Å². The third-order valence-corrected chi connectivity index (χ3v) is 4.32. The second-order valence-electron chi connectivity index (χ2n) is 6.57. The van der Waals surface area contributed by atoms with E-state index in [1.54, 1.807) is 27.7 Å². The number of carboxylic acid groups (broad SMARTS) is 1. The minimum Gasteiger partial charge on any atom is -0.481 e. The highest BCUT2D eigenvalue weighted by Crippen LogP contribution is 2.37. The predicted molar refractivity (Wildman–Crippen MR) is 78.5 cm³/mol. The molecular formula is C15H18BF3O4. The van der Waals surface area contributed by atoms with Crippen molar-refractivity contribution in [2.75, 3.05) is 0 Å². The summed E-state index contributed by atoms with van der Waals surface area (Å²) < 4.78 is 50.4. The molecule has 2 rings (SSSR count). The molecule has 1 aliphatic heterocycles. The second-order valence-corrected chi connectivity index (χ2v) is 6.57. The van der Waals surface area contributed by atoms with Gasteiger partial charge in [0.05, 0.1) is 23.2 Å². The van der Waals surface area contributed by atoms with Crippen molar-refractivity contribution in [3.05, 3.63) is 29.3 Å². The predicted octanol–water partition coefficient (Wildman–Crippen LogP) is 2.63. The largest absolute Gasteiger partial charge is 0.495 e. The fourth-order valence-corrected chi connectivity index (χ4v) is 2.28. The van der Waals surface area contributed by atoms with Gasteiger partial charge in [0.25, 0.3) is 0 Å². The maximum Gasteiger partial charge on any atom is 0.495 e. The van der Waals surface area contributed by atoms with Crippen LogP contribution in [0.1, 0.15) is 38.8 Å². The van der Waals surface area contributed by atoms with Crippen LogP contribution in [0.4, 0.5) is 13.2 Å². The summed E-state index contributed by atoms with van der Waals surface area (Å²) in [5.41, 5.74) is -1.99. The van der Waals surface area contributed by atoms with Gasteiger partial charge in [0.1, 0.15) is 0 Å². The van der Waals surface area contributed by atoms with E-state index in [1.165, 1.54) is 0 Å². The Bertz CT molecular complexity index is 610. The number of benzene rings is 1. The molecule has 1 aromatic rings. The highest BCUT2D eigenvalue weighted by molar-refractivity contribution is 6.62. The van der Waals surface area contributed by atoms with Crippen molar-refractivity contribution < 1.29 is 32.4 Å². The van der Waals surface area contributed by atoms with Crippen LogP contribution in [0.15, 0.2) is 18.2 Å². The van der Waals surface area contributed by atoms with Gasteiger partial charge in [-0.1, -0.05) is 6.07 Å². The van der Waals surface area contributed by atoms with E-state index in [2.05, 4.69) is 0 Å². The standard InChI is InChI=1S/C15H18BF3O4/c1-13(2)14(3,4)23-16(22-13)11-8-10(15(17,18)19)6-5-9(11)7-12(20)21/h5-6,8H,7H2,1-4H3,(H,20,21). The summed E-state index contributed by atoms with van der Waals surface area (Å²) >= 11 is 0. The van der Waals surface area contributed by atoms with Gasteiger partial charge in [0.15, 0.2) is 0 Å². The summed E-state index contributed by atoms with van der Waals surface area (Å²) in [5.74, 6) is -1.14. The molecule has 0 amide bonds. The zero-order valence-corrected chi connectivity index (χ0v) is 13.3. The molecule has 126 valence electrons. The molecule has 0 spiro atoms. The van der Waals surface area contributed by atoms with Crippen LogP contribution in [0, 0.1) is 0 Å². The van der Waals surface area contributed by atoms with Crippen LogP contribution in [0.2, 0.25) is 0 Å². The lowest BCUT2D eigenvalue weighted by Crippen LogP contribution is -2.41. The SMILES string of the molecule is CC1(C)OB(c2cc(C(F)(F)F)ccc2CC(=O)O)OC1(C)C. The van der Waals surface area contributed by atoms with Gasteiger partial charge in [-0.25, -0.2) is 0 Å². The number of halogens is 3. The van der Waals surface area contributed by atoms with Crippen molar-refractivity contribution >= 4 is 18.6 Å². The molecule has 0 saturated carbocycles. The lowest BCUT2D eigenvalue weighted by Gasteiger charge is -2.32. The number of carboxylic acids is 1. The summed E-state index contributed by atoms with van der Waals surface area (Å²) in [7, 11) is -1.04. The molecule has 8 heteroatoms. The van der Waals surface area contributed by atoms with E-state index >= 15 is 0 Å². The fourth-order valence-electron chi connectivity index (χ4n) is 2.28. The van der Waals surface area contributed by atoms with Crippen LogP contribution in [0.25, 0.3) is 0 Å². The highest BCUT2D eigenvalue weighted by atomic mass is 19.4. The molecule has 0 aliphatic carbocycles. The lowest BCUT2D eigenvalue weighted by atomic mass is 9.74. The van der Waals surface area contributed by atoms with Crippen molar-refractivity contribution in [1.82, 2.24) is 0 Å². The van der Waals surface area contributed by atoms with Crippen LogP contribution in [0.5, 0.6) is 0 Å². The summed E-state index contributed by atoms with van der Waals surface area (Å²) in [6.07, 6.45) is -4.93. The maximum atomic E-state index is 13.0. The first-order valence-electron chi connectivity index (χ1n) is 7.11. The number of carbonyl (C=O) groups is 1. The van der Waals surface area contributed by atoms with Gasteiger partial charge < -0.3 is 14.4 Å². The Morgan fingerprint density at radius 1 is 1.17 bits per heavy atom. The van der Waals surface area contributed by atoms with Gasteiger partial charge >= 0.3 is 19.3 Å². The number of hydrogen-bond donors (Lipinski definition) is 1. The van der Waals surface area contributed by atoms with Crippen LogP contribution in [0.3, 0.4) is 0 Å². The molecule has 0 radical (unpaired) electrons. The summed E-state index contributed by atoms with van der Waals surface area (Å²) in [5, 5.41) is 8.96. The molecule has 1 aliphatic rings. The average Bonchev–Trinajstić information content (AvgIpc) is 2.56. The number of rotatable bonds is 3. The van der Waals surface area contributed by atoms with Gasteiger partial charge in [0, 0.05) is 0 Å². The minimum atomic E-state index is -4.53. The molecule has 0 unspecified atom stereocenters. The summed E-state index contributed by atoms with van der Waals surface area (Å²) in [4.78, 5) is 11.0. The molecule has 4 nitrogen and oxygen atoms in total. The highest BCUT2D eigenvalue weighted by Gasteiger charge is 2.52. The maximum absolute atomic E-state index is 13.0. The summed E-state index contributed by atoms with van der Waals surface area (Å²) in [6.45, 7) is 7.10. The second kappa shape index (κ2) is 5.52. The monoisotopic (exact) mass is 330 g/mol. The average molecular weight is 330 g/mol. The smallest absolute Gasteiger partial charge is 0.481 e. The van der Waals surface area contributed by atoms with E-state index < -0.39 is 42.5 Å². The Balaban J connectivity index is 2.48. The van der Waals surface area contributed by atoms with Gasteiger partial charge in [-0.15, -0.1) is 0 Å². The van der Waals surface area contributed by atoms with Gasteiger partial charge in [-0.2, -0.15) is 13.2 Å². The Kier molecular flexibility index (Phi) is 4.28. The molecular weight excluding hydrogens is 312 g/mol. The van der Waals surface area contributed by atoms with Gasteiger partial charge in [-0.05, 0) is 50.9 Å². The zero-order chi connectivity index (χ0) is 17.6. The zero-order valence-electron chi connectivity index (χ0n) is 13.3. The van der Waals surface area contributed by atoms with Crippen molar-refractivity contribution in [2.45, 2.75) is 51.5 Å². The van der Waals surface area contributed by atoms with E-state index in [4.69, 9.17) is 14.4 Å². The molecule has 0 aromatic heterocycles. The Labute approximate surface area is 132 Å². The molecule has 1 fully saturated rings. The van der Waals surface area contributed by atoms with Crippen molar-refractivity contribution in [2.24, 2.45) is 0 Å². The van der Waals surface area contributed by atoms with Gasteiger partial charge in [0.2, 0.25) is 0 Å². The van der Waals surface area contributed by atoms with E-state index in [0.717, 1.165) is 18.2 Å². The minimum absolute atomic E-state index is 0.0980. The van der Waals surface area contributed by atoms with Crippen molar-refractivity contribution in [3.63, 3.8) is 0 Å². The van der Waals surface area contributed by atoms with E-state index in [0.29, 0.717) is 0 Å². The number of alkyl halides is 3. The van der Waals surface area contributed by atoms with Crippen LogP contribution < -0.4 is 5.46 Å². The molecule has 1 saturated heterocycles. The van der Waals surface area contributed by atoms with E-state index in [1.807, 2.05) is 0 Å². The van der Waals surface area contributed by atoms with E-state index in [9.17, 15) is 18.0 Å². The Morgan fingerprint density at radius 2 is 1.70 bits per heavy atom. The van der Waals surface area contributed by atoms with Gasteiger partial charge in [-0.3, -0.25) is 4.79 Å². The van der Waals surface area contributed by atoms with Crippen molar-refractivity contribution in [3.8, 4) is 0 Å². The number of aliphatic carboxylic acids is 1. The third-order valence-electron chi connectivity index (χ3n) is 4.32. The third kappa shape index (κ3) is 3.53. The molecule has 0 bridgehead atoms. The molecule has 1 N–H and O–H groups in total. The molecule has 1 heterocycles. The molecule has 23 heavy (non-hydrogen) atoms. The first kappa shape index (κ1) is 17.8. The Hall–Kier alpha value is -1.54. The first-order valence-corrected chi connectivity index (χ1v) is 7.11. The summed E-state index contributed by atoms with van der Waals surface area (Å²) in [6, 6.07) is 2.94. The van der Waals surface area contributed by atoms with Crippen molar-refractivity contribution in [1.29, 1.82) is 0 Å². The van der Waals surface area contributed by atoms with E-state index in [-0.39, 0.29) is 11.0 Å². The normalized spacial score (nSPS) is 19.9. The Morgan fingerprint density at radius 3 is 2.13 bits per heavy atom.